The third-order valence-corrected chi connectivity index (χ3v) is 3.40. The minimum absolute atomic E-state index is 0.103. The molecule has 0 bridgehead atoms. The number of anilines is 1. The summed E-state index contributed by atoms with van der Waals surface area (Å²) in [4.78, 5) is 13.4. The second-order valence-electron chi connectivity index (χ2n) is 3.47. The quantitative estimate of drug-likeness (QED) is 0.773. The Morgan fingerprint density at radius 1 is 1.29 bits per heavy atom. The Bertz CT molecular complexity index is 473. The van der Waals surface area contributed by atoms with E-state index in [9.17, 15) is 13.2 Å². The minimum Gasteiger partial charge on any atom is -0.313 e. The van der Waals surface area contributed by atoms with Crippen LogP contribution in [-0.4, -0.2) is 26.6 Å². The molecule has 6 heteroatoms. The van der Waals surface area contributed by atoms with Crippen LogP contribution in [0.4, 0.5) is 5.69 Å². The molecule has 17 heavy (non-hydrogen) atoms. The Morgan fingerprint density at radius 2 is 1.88 bits per heavy atom. The lowest BCUT2D eigenvalue weighted by Crippen LogP contribution is -2.31. The molecule has 0 radical (unpaired) electrons. The second-order valence-corrected chi connectivity index (χ2v) is 6.36. The Labute approximate surface area is 106 Å². The third kappa shape index (κ3) is 4.75. The summed E-state index contributed by atoms with van der Waals surface area (Å²) in [6, 6.07) is 9.10. The van der Waals surface area contributed by atoms with Gasteiger partial charge < -0.3 is 4.90 Å². The van der Waals surface area contributed by atoms with Gasteiger partial charge in [-0.3, -0.25) is 4.79 Å². The molecule has 0 atom stereocenters. The fourth-order valence-electron chi connectivity index (χ4n) is 1.46. The van der Waals surface area contributed by atoms with Crippen molar-refractivity contribution in [3.63, 3.8) is 0 Å². The molecule has 4 nitrogen and oxygen atoms in total. The summed E-state index contributed by atoms with van der Waals surface area (Å²) in [6.07, 6.45) is -0.103. The average molecular weight is 276 g/mol. The minimum atomic E-state index is -3.62. The number of carbonyl (C=O) groups is 1. The van der Waals surface area contributed by atoms with Gasteiger partial charge in [-0.15, -0.1) is 0 Å². The van der Waals surface area contributed by atoms with Crippen molar-refractivity contribution in [1.82, 2.24) is 0 Å². The molecule has 0 fully saturated rings. The molecule has 94 valence electrons. The van der Waals surface area contributed by atoms with Crippen LogP contribution >= 0.6 is 10.7 Å². The van der Waals surface area contributed by atoms with Gasteiger partial charge in [0, 0.05) is 29.3 Å². The van der Waals surface area contributed by atoms with E-state index in [1.54, 1.807) is 12.1 Å². The normalized spacial score (nSPS) is 11.2. The van der Waals surface area contributed by atoms with E-state index in [0.29, 0.717) is 6.54 Å². The molecule has 1 aromatic rings. The standard InChI is InChI=1S/C11H14ClNO3S/c1-2-13(10-6-4-3-5-7-10)11(14)8-9-17(12,15)16/h3-7H,2,8-9H2,1H3. The van der Waals surface area contributed by atoms with Gasteiger partial charge >= 0.3 is 0 Å². The topological polar surface area (TPSA) is 54.5 Å². The highest BCUT2D eigenvalue weighted by Gasteiger charge is 2.16. The summed E-state index contributed by atoms with van der Waals surface area (Å²) in [6.45, 7) is 2.32. The predicted molar refractivity (Wildman–Crippen MR) is 68.7 cm³/mol. The number of nitrogens with zero attached hydrogens (tertiary/aromatic N) is 1. The van der Waals surface area contributed by atoms with Crippen LogP contribution in [0.2, 0.25) is 0 Å². The first-order valence-electron chi connectivity index (χ1n) is 5.22. The zero-order valence-corrected chi connectivity index (χ0v) is 11.0. The molecular weight excluding hydrogens is 262 g/mol. The van der Waals surface area contributed by atoms with Crippen LogP contribution in [0.3, 0.4) is 0 Å². The lowest BCUT2D eigenvalue weighted by atomic mass is 10.2. The maximum atomic E-state index is 11.8. The largest absolute Gasteiger partial charge is 0.313 e. The van der Waals surface area contributed by atoms with Crippen LogP contribution in [0.25, 0.3) is 0 Å². The van der Waals surface area contributed by atoms with Crippen LogP contribution in [0, 0.1) is 0 Å². The highest BCUT2D eigenvalue weighted by atomic mass is 35.7. The van der Waals surface area contributed by atoms with Crippen LogP contribution in [-0.2, 0) is 13.8 Å². The molecule has 1 aromatic carbocycles. The number of benzene rings is 1. The Balaban J connectivity index is 2.72. The van der Waals surface area contributed by atoms with E-state index in [1.807, 2.05) is 25.1 Å². The highest BCUT2D eigenvalue weighted by Crippen LogP contribution is 2.14. The van der Waals surface area contributed by atoms with E-state index in [2.05, 4.69) is 0 Å². The summed E-state index contributed by atoms with van der Waals surface area (Å²) in [5, 5.41) is 0. The van der Waals surface area contributed by atoms with E-state index < -0.39 is 9.05 Å². The van der Waals surface area contributed by atoms with Crippen LogP contribution < -0.4 is 4.90 Å². The summed E-state index contributed by atoms with van der Waals surface area (Å²) in [5.74, 6) is -0.584. The Hall–Kier alpha value is -1.07. The van der Waals surface area contributed by atoms with Gasteiger partial charge in [-0.1, -0.05) is 18.2 Å². The zero-order chi connectivity index (χ0) is 12.9. The van der Waals surface area contributed by atoms with Crippen molar-refractivity contribution in [3.05, 3.63) is 30.3 Å². The van der Waals surface area contributed by atoms with Gasteiger partial charge in [-0.25, -0.2) is 8.42 Å². The van der Waals surface area contributed by atoms with Gasteiger partial charge in [0.25, 0.3) is 0 Å². The molecule has 1 amide bonds. The Morgan fingerprint density at radius 3 is 2.35 bits per heavy atom. The molecule has 0 N–H and O–H groups in total. The molecule has 0 unspecified atom stereocenters. The molecule has 0 saturated heterocycles. The molecule has 0 spiro atoms. The fraction of sp³-hybridized carbons (Fsp3) is 0.364. The molecular formula is C11H14ClNO3S. The van der Waals surface area contributed by atoms with Gasteiger partial charge in [0.15, 0.2) is 0 Å². The van der Waals surface area contributed by atoms with E-state index in [4.69, 9.17) is 10.7 Å². The smallest absolute Gasteiger partial charge is 0.233 e. The second kappa shape index (κ2) is 6.02. The van der Waals surface area contributed by atoms with E-state index in [1.165, 1.54) is 4.90 Å². The maximum absolute atomic E-state index is 11.8. The van der Waals surface area contributed by atoms with Gasteiger partial charge in [-0.05, 0) is 19.1 Å². The number of hydrogen-bond acceptors (Lipinski definition) is 3. The van der Waals surface area contributed by atoms with Gasteiger partial charge in [0.1, 0.15) is 0 Å². The Kier molecular flexibility index (Phi) is 4.96. The number of para-hydroxylation sites is 1. The molecule has 0 saturated carbocycles. The summed E-state index contributed by atoms with van der Waals surface area (Å²) in [7, 11) is 1.45. The van der Waals surface area contributed by atoms with E-state index >= 15 is 0 Å². The number of amides is 1. The fourth-order valence-corrected chi connectivity index (χ4v) is 2.10. The molecule has 0 aliphatic carbocycles. The SMILES string of the molecule is CCN(C(=O)CCS(=O)(=O)Cl)c1ccccc1. The molecule has 0 aliphatic rings. The first-order valence-corrected chi connectivity index (χ1v) is 7.69. The summed E-state index contributed by atoms with van der Waals surface area (Å²) in [5.41, 5.74) is 0.756. The highest BCUT2D eigenvalue weighted by molar-refractivity contribution is 8.13. The molecule has 0 aliphatic heterocycles. The van der Waals surface area contributed by atoms with Crippen LogP contribution in [0.5, 0.6) is 0 Å². The lowest BCUT2D eigenvalue weighted by molar-refractivity contribution is -0.118. The third-order valence-electron chi connectivity index (χ3n) is 2.24. The number of rotatable bonds is 5. The van der Waals surface area contributed by atoms with Crippen molar-refractivity contribution < 1.29 is 13.2 Å². The monoisotopic (exact) mass is 275 g/mol. The van der Waals surface area contributed by atoms with Crippen LogP contribution in [0.1, 0.15) is 13.3 Å². The summed E-state index contributed by atoms with van der Waals surface area (Å²) >= 11 is 0. The van der Waals surface area contributed by atoms with Gasteiger partial charge in [0.2, 0.25) is 15.0 Å². The van der Waals surface area contributed by atoms with Gasteiger partial charge in [-0.2, -0.15) is 0 Å². The molecule has 1 rings (SSSR count). The predicted octanol–water partition coefficient (Wildman–Crippen LogP) is 2.00. The first kappa shape index (κ1) is 14.0. The number of hydrogen-bond donors (Lipinski definition) is 0. The number of halogens is 1. The van der Waals surface area contributed by atoms with Crippen molar-refractivity contribution in [1.29, 1.82) is 0 Å². The number of carbonyl (C=O) groups excluding carboxylic acids is 1. The van der Waals surface area contributed by atoms with Crippen molar-refractivity contribution >= 4 is 31.3 Å². The molecule has 0 aromatic heterocycles. The van der Waals surface area contributed by atoms with Crippen molar-refractivity contribution in [3.8, 4) is 0 Å². The first-order chi connectivity index (χ1) is 7.94. The zero-order valence-electron chi connectivity index (χ0n) is 9.47. The lowest BCUT2D eigenvalue weighted by Gasteiger charge is -2.20. The van der Waals surface area contributed by atoms with Crippen molar-refractivity contribution in [2.45, 2.75) is 13.3 Å². The van der Waals surface area contributed by atoms with Gasteiger partial charge in [0.05, 0.1) is 5.75 Å². The van der Waals surface area contributed by atoms with Crippen molar-refractivity contribution in [2.75, 3.05) is 17.2 Å². The maximum Gasteiger partial charge on any atom is 0.233 e. The molecule has 0 heterocycles. The van der Waals surface area contributed by atoms with Crippen molar-refractivity contribution in [2.24, 2.45) is 0 Å². The average Bonchev–Trinajstić information content (AvgIpc) is 2.28. The van der Waals surface area contributed by atoms with Crippen LogP contribution in [0.15, 0.2) is 30.3 Å². The summed E-state index contributed by atoms with van der Waals surface area (Å²) < 4.78 is 21.6. The van der Waals surface area contributed by atoms with E-state index in [0.717, 1.165) is 5.69 Å². The van der Waals surface area contributed by atoms with E-state index in [-0.39, 0.29) is 18.1 Å².